The van der Waals surface area contributed by atoms with Gasteiger partial charge in [-0.1, -0.05) is 6.07 Å². The topological polar surface area (TPSA) is 47.9 Å². The molecule has 0 aromatic heterocycles. The van der Waals surface area contributed by atoms with E-state index in [4.69, 9.17) is 4.99 Å². The lowest BCUT2D eigenvalue weighted by Gasteiger charge is -2.35. The van der Waals surface area contributed by atoms with E-state index in [2.05, 4.69) is 4.99 Å². The first-order chi connectivity index (χ1) is 10.2. The van der Waals surface area contributed by atoms with Crippen LogP contribution in [0.4, 0.5) is 11.4 Å². The van der Waals surface area contributed by atoms with Crippen molar-refractivity contribution in [1.29, 1.82) is 0 Å². The molecule has 2 aliphatic heterocycles. The summed E-state index contributed by atoms with van der Waals surface area (Å²) in [6, 6.07) is 6.09. The lowest BCUT2D eigenvalue weighted by atomic mass is 9.89. The minimum Gasteiger partial charge on any atom is -0.255 e. The van der Waals surface area contributed by atoms with Gasteiger partial charge in [-0.2, -0.15) is 0 Å². The van der Waals surface area contributed by atoms with Crippen LogP contribution in [0.25, 0.3) is 0 Å². The molecule has 117 valence electrons. The molecule has 4 nitrogen and oxygen atoms in total. The van der Waals surface area contributed by atoms with Crippen LogP contribution in [-0.2, 0) is 10.7 Å². The van der Waals surface area contributed by atoms with E-state index in [0.717, 1.165) is 47.6 Å². The fraction of sp³-hybridized carbons (Fsp3) is 0.556. The number of hydrogen-bond acceptors (Lipinski definition) is 3. The average molecular weight is 298 g/mol. The predicted molar refractivity (Wildman–Crippen MR) is 89.8 cm³/mol. The molecule has 0 spiro atoms. The van der Waals surface area contributed by atoms with Crippen LogP contribution in [0.5, 0.6) is 0 Å². The van der Waals surface area contributed by atoms with E-state index in [1.807, 2.05) is 52.8 Å². The lowest BCUT2D eigenvalue weighted by molar-refractivity contribution is -0.252. The first-order valence-electron chi connectivity index (χ1n) is 7.93. The molecular weight excluding hydrogens is 274 g/mol. The normalized spacial score (nSPS) is 27.9. The van der Waals surface area contributed by atoms with E-state index >= 15 is 0 Å². The van der Waals surface area contributed by atoms with Gasteiger partial charge in [-0.25, -0.2) is 0 Å². The number of hydroxylamine groups is 2. The summed E-state index contributed by atoms with van der Waals surface area (Å²) in [4.78, 5) is 9.33. The second-order valence-electron chi connectivity index (χ2n) is 7.46. The van der Waals surface area contributed by atoms with Crippen molar-refractivity contribution in [2.75, 3.05) is 0 Å². The van der Waals surface area contributed by atoms with E-state index < -0.39 is 5.54 Å². The van der Waals surface area contributed by atoms with Gasteiger partial charge in [0, 0.05) is 23.4 Å². The largest absolute Gasteiger partial charge is 0.255 e. The number of benzene rings is 1. The zero-order chi connectivity index (χ0) is 16.1. The fourth-order valence-electron chi connectivity index (χ4n) is 3.59. The van der Waals surface area contributed by atoms with Crippen LogP contribution in [0.1, 0.15) is 59.4 Å². The van der Waals surface area contributed by atoms with E-state index in [9.17, 15) is 5.21 Å². The minimum atomic E-state index is -0.479. The minimum absolute atomic E-state index is 0.310. The third-order valence-electron chi connectivity index (χ3n) is 4.95. The molecule has 0 N–H and O–H groups in total. The summed E-state index contributed by atoms with van der Waals surface area (Å²) in [5.41, 5.74) is 4.17. The summed E-state index contributed by atoms with van der Waals surface area (Å²) >= 11 is 0. The summed E-state index contributed by atoms with van der Waals surface area (Å²) in [7, 11) is 0. The third-order valence-corrected chi connectivity index (χ3v) is 4.95. The zero-order valence-electron chi connectivity index (χ0n) is 14.1. The molecule has 0 amide bonds. The number of fused-ring (bicyclic) bond motifs is 1. The van der Waals surface area contributed by atoms with Gasteiger partial charge < -0.3 is 0 Å². The van der Waals surface area contributed by atoms with Crippen LogP contribution in [0, 0.1) is 0 Å². The van der Waals surface area contributed by atoms with Gasteiger partial charge in [-0.3, -0.25) is 9.98 Å². The summed E-state index contributed by atoms with van der Waals surface area (Å²) in [6.45, 7) is 10.1. The maximum atomic E-state index is 12.8. The Balaban J connectivity index is 2.07. The van der Waals surface area contributed by atoms with Crippen molar-refractivity contribution >= 4 is 22.8 Å². The molecule has 1 aromatic rings. The van der Waals surface area contributed by atoms with Crippen molar-refractivity contribution in [1.82, 2.24) is 5.06 Å². The van der Waals surface area contributed by atoms with Crippen molar-refractivity contribution in [2.45, 2.75) is 65.0 Å². The number of aliphatic imine (C=N–C) groups is 2. The van der Waals surface area contributed by atoms with Crippen LogP contribution in [0.3, 0.4) is 0 Å². The van der Waals surface area contributed by atoms with Crippen molar-refractivity contribution in [2.24, 2.45) is 9.98 Å². The average Bonchev–Trinajstić information content (AvgIpc) is 2.59. The Morgan fingerprint density at radius 1 is 1.00 bits per heavy atom. The Morgan fingerprint density at radius 3 is 2.23 bits per heavy atom. The Kier molecular flexibility index (Phi) is 3.49. The maximum absolute atomic E-state index is 12.8. The first-order valence-corrected chi connectivity index (χ1v) is 7.93. The Hall–Kier alpha value is -1.52. The molecule has 0 saturated carbocycles. The SMILES string of the molecule is CC1=Nc2ccc(C3(C)CCC(C)(C)N3[O])cc2N=C(C)C1. The molecule has 0 aliphatic carbocycles. The molecule has 2 heterocycles. The Morgan fingerprint density at radius 2 is 1.64 bits per heavy atom. The summed E-state index contributed by atoms with van der Waals surface area (Å²) in [5, 5.41) is 14.0. The van der Waals surface area contributed by atoms with Crippen molar-refractivity contribution in [3.05, 3.63) is 23.8 Å². The van der Waals surface area contributed by atoms with Gasteiger partial charge in [0.05, 0.1) is 16.9 Å². The quantitative estimate of drug-likeness (QED) is 0.740. The second-order valence-corrected chi connectivity index (χ2v) is 7.46. The monoisotopic (exact) mass is 298 g/mol. The lowest BCUT2D eigenvalue weighted by Crippen LogP contribution is -2.44. The third kappa shape index (κ3) is 2.40. The molecule has 1 saturated heterocycles. The molecule has 22 heavy (non-hydrogen) atoms. The standard InChI is InChI=1S/C18H24N3O/c1-12-10-13(2)20-16-11-14(6-7-15(16)19-12)18(5)9-8-17(3,4)21(18)22/h6-7,11H,8-10H2,1-5H3. The fourth-order valence-corrected chi connectivity index (χ4v) is 3.59. The molecule has 4 heteroatoms. The number of rotatable bonds is 1. The molecule has 1 fully saturated rings. The van der Waals surface area contributed by atoms with Crippen LogP contribution in [0.2, 0.25) is 0 Å². The van der Waals surface area contributed by atoms with Gasteiger partial charge in [-0.05, 0) is 65.2 Å². The van der Waals surface area contributed by atoms with Gasteiger partial charge in [-0.15, -0.1) is 10.3 Å². The highest BCUT2D eigenvalue weighted by molar-refractivity contribution is 6.06. The van der Waals surface area contributed by atoms with Crippen LogP contribution in [-0.4, -0.2) is 22.0 Å². The van der Waals surface area contributed by atoms with E-state index in [1.165, 1.54) is 5.06 Å². The highest BCUT2D eigenvalue weighted by Crippen LogP contribution is 2.47. The highest BCUT2D eigenvalue weighted by Gasteiger charge is 2.49. The summed E-state index contributed by atoms with van der Waals surface area (Å²) < 4.78 is 0. The van der Waals surface area contributed by atoms with Crippen molar-refractivity contribution in [3.8, 4) is 0 Å². The van der Waals surface area contributed by atoms with Crippen molar-refractivity contribution in [3.63, 3.8) is 0 Å². The zero-order valence-corrected chi connectivity index (χ0v) is 14.1. The van der Waals surface area contributed by atoms with Crippen LogP contribution in [0.15, 0.2) is 28.2 Å². The Bertz CT molecular complexity index is 675. The van der Waals surface area contributed by atoms with Gasteiger partial charge in [0.15, 0.2) is 0 Å². The van der Waals surface area contributed by atoms with E-state index in [1.54, 1.807) is 0 Å². The van der Waals surface area contributed by atoms with Crippen LogP contribution < -0.4 is 0 Å². The van der Waals surface area contributed by atoms with Gasteiger partial charge in [0.2, 0.25) is 0 Å². The molecule has 1 atom stereocenters. The van der Waals surface area contributed by atoms with Gasteiger partial charge in [0.25, 0.3) is 0 Å². The van der Waals surface area contributed by atoms with Crippen molar-refractivity contribution < 1.29 is 5.21 Å². The predicted octanol–water partition coefficient (Wildman–Crippen LogP) is 4.71. The molecule has 1 unspecified atom stereocenters. The van der Waals surface area contributed by atoms with E-state index in [0.29, 0.717) is 0 Å². The first kappa shape index (κ1) is 15.4. The summed E-state index contributed by atoms with van der Waals surface area (Å²) in [5.74, 6) is 0. The Labute approximate surface area is 132 Å². The van der Waals surface area contributed by atoms with Gasteiger partial charge in [0.1, 0.15) is 0 Å². The van der Waals surface area contributed by atoms with E-state index in [-0.39, 0.29) is 5.54 Å². The van der Waals surface area contributed by atoms with Crippen LogP contribution >= 0.6 is 0 Å². The maximum Gasteiger partial charge on any atom is 0.0888 e. The number of hydrogen-bond donors (Lipinski definition) is 0. The number of nitrogens with zero attached hydrogens (tertiary/aromatic N) is 3. The second kappa shape index (κ2) is 5.00. The molecule has 3 rings (SSSR count). The molecule has 2 aliphatic rings. The molecule has 0 bridgehead atoms. The molecular formula is C18H24N3O. The summed E-state index contributed by atoms with van der Waals surface area (Å²) in [6.07, 6.45) is 2.58. The van der Waals surface area contributed by atoms with Gasteiger partial charge >= 0.3 is 0 Å². The highest BCUT2D eigenvalue weighted by atomic mass is 16.5. The molecule has 1 aromatic carbocycles. The smallest absolute Gasteiger partial charge is 0.0888 e. The molecule has 1 radical (unpaired) electrons.